The van der Waals surface area contributed by atoms with Crippen molar-refractivity contribution in [2.75, 3.05) is 11.9 Å². The first-order chi connectivity index (χ1) is 6.34. The van der Waals surface area contributed by atoms with Gasteiger partial charge in [-0.05, 0) is 23.9 Å². The van der Waals surface area contributed by atoms with Crippen LogP contribution in [-0.2, 0) is 0 Å². The molecule has 1 unspecified atom stereocenters. The summed E-state index contributed by atoms with van der Waals surface area (Å²) < 4.78 is 0. The zero-order valence-electron chi connectivity index (χ0n) is 6.99. The van der Waals surface area contributed by atoms with Crippen molar-refractivity contribution in [2.45, 2.75) is 5.37 Å². The first kappa shape index (κ1) is 8.44. The minimum atomic E-state index is 0.0495. The predicted molar refractivity (Wildman–Crippen MR) is 54.8 cm³/mol. The van der Waals surface area contributed by atoms with E-state index < -0.39 is 0 Å². The molecule has 1 atom stereocenters. The van der Waals surface area contributed by atoms with E-state index in [1.165, 1.54) is 11.8 Å². The number of amides is 1. The van der Waals surface area contributed by atoms with E-state index in [4.69, 9.17) is 0 Å². The minimum Gasteiger partial charge on any atom is -0.371 e. The zero-order chi connectivity index (χ0) is 9.10. The minimum absolute atomic E-state index is 0.0495. The second-order valence-electron chi connectivity index (χ2n) is 2.79. The smallest absolute Gasteiger partial charge is 0.281 e. The molecule has 0 aliphatic carbocycles. The molecule has 1 aromatic rings. The topological polar surface area (TPSA) is 41.1 Å². The third-order valence-corrected chi connectivity index (χ3v) is 2.71. The molecule has 1 amide bonds. The van der Waals surface area contributed by atoms with Gasteiger partial charge in [0.2, 0.25) is 0 Å². The summed E-state index contributed by atoms with van der Waals surface area (Å²) >= 11 is 1.30. The molecule has 2 N–H and O–H groups in total. The molecule has 0 aromatic heterocycles. The second-order valence-corrected chi connectivity index (χ2v) is 3.96. The molecule has 68 valence electrons. The molecular weight excluding hydrogens is 184 g/mol. The van der Waals surface area contributed by atoms with Gasteiger partial charge in [0.25, 0.3) is 5.24 Å². The summed E-state index contributed by atoms with van der Waals surface area (Å²) in [5.74, 6) is 0. The fourth-order valence-corrected chi connectivity index (χ4v) is 1.98. The molecule has 1 fully saturated rings. The number of para-hydroxylation sites is 1. The van der Waals surface area contributed by atoms with Crippen LogP contribution in [0.15, 0.2) is 30.3 Å². The Kier molecular flexibility index (Phi) is 2.40. The first-order valence-corrected chi connectivity index (χ1v) is 4.98. The van der Waals surface area contributed by atoms with Crippen molar-refractivity contribution in [3.8, 4) is 0 Å². The van der Waals surface area contributed by atoms with Gasteiger partial charge in [-0.2, -0.15) is 0 Å². The lowest BCUT2D eigenvalue weighted by Crippen LogP contribution is -2.21. The molecule has 0 bridgehead atoms. The molecule has 1 heterocycles. The van der Waals surface area contributed by atoms with E-state index in [1.807, 2.05) is 30.3 Å². The quantitative estimate of drug-likeness (QED) is 0.755. The summed E-state index contributed by atoms with van der Waals surface area (Å²) in [7, 11) is 0. The SMILES string of the molecule is O=C1NCC(Nc2ccccc2)S1. The van der Waals surface area contributed by atoms with E-state index in [2.05, 4.69) is 10.6 Å². The van der Waals surface area contributed by atoms with Gasteiger partial charge in [-0.3, -0.25) is 4.79 Å². The summed E-state index contributed by atoms with van der Waals surface area (Å²) in [6, 6.07) is 9.89. The Bertz CT molecular complexity index is 302. The number of benzene rings is 1. The standard InChI is InChI=1S/C9H10N2OS/c12-9-10-6-8(13-9)11-7-4-2-1-3-5-7/h1-5,8,11H,6H2,(H,10,12). The van der Waals surface area contributed by atoms with Crippen molar-refractivity contribution in [1.82, 2.24) is 5.32 Å². The number of nitrogens with one attached hydrogen (secondary N) is 2. The third kappa shape index (κ3) is 2.15. The molecule has 13 heavy (non-hydrogen) atoms. The molecule has 1 aromatic carbocycles. The zero-order valence-corrected chi connectivity index (χ0v) is 7.80. The number of anilines is 1. The highest BCUT2D eigenvalue weighted by Gasteiger charge is 2.21. The lowest BCUT2D eigenvalue weighted by molar-refractivity contribution is 0.262. The summed E-state index contributed by atoms with van der Waals surface area (Å²) in [6.45, 7) is 0.693. The van der Waals surface area contributed by atoms with Gasteiger partial charge in [0.15, 0.2) is 0 Å². The van der Waals surface area contributed by atoms with Crippen molar-refractivity contribution in [3.05, 3.63) is 30.3 Å². The monoisotopic (exact) mass is 194 g/mol. The largest absolute Gasteiger partial charge is 0.371 e. The highest BCUT2D eigenvalue weighted by atomic mass is 32.2. The number of thioether (sulfide) groups is 1. The van der Waals surface area contributed by atoms with Crippen LogP contribution in [0.4, 0.5) is 10.5 Å². The maximum Gasteiger partial charge on any atom is 0.281 e. The van der Waals surface area contributed by atoms with E-state index >= 15 is 0 Å². The number of carbonyl (C=O) groups is 1. The second kappa shape index (κ2) is 3.70. The molecule has 3 nitrogen and oxygen atoms in total. The van der Waals surface area contributed by atoms with E-state index in [0.717, 1.165) is 5.69 Å². The van der Waals surface area contributed by atoms with Crippen LogP contribution in [0.1, 0.15) is 0 Å². The van der Waals surface area contributed by atoms with Gasteiger partial charge in [0, 0.05) is 12.2 Å². The molecule has 0 spiro atoms. The lowest BCUT2D eigenvalue weighted by atomic mass is 10.3. The van der Waals surface area contributed by atoms with Crippen LogP contribution in [0.25, 0.3) is 0 Å². The van der Waals surface area contributed by atoms with Gasteiger partial charge < -0.3 is 10.6 Å². The average molecular weight is 194 g/mol. The predicted octanol–water partition coefficient (Wildman–Crippen LogP) is 1.88. The number of carbonyl (C=O) groups excluding carboxylic acids is 1. The van der Waals surface area contributed by atoms with Crippen molar-refractivity contribution in [1.29, 1.82) is 0 Å². The van der Waals surface area contributed by atoms with Crippen LogP contribution in [0, 0.1) is 0 Å². The van der Waals surface area contributed by atoms with Crippen LogP contribution in [-0.4, -0.2) is 17.2 Å². The Balaban J connectivity index is 1.96. The van der Waals surface area contributed by atoms with Gasteiger partial charge in [-0.25, -0.2) is 0 Å². The van der Waals surface area contributed by atoms with Gasteiger partial charge in [0.1, 0.15) is 0 Å². The van der Waals surface area contributed by atoms with Gasteiger partial charge in [-0.1, -0.05) is 18.2 Å². The van der Waals surface area contributed by atoms with Crippen LogP contribution in [0.3, 0.4) is 0 Å². The number of hydrogen-bond donors (Lipinski definition) is 2. The normalized spacial score (nSPS) is 21.2. The summed E-state index contributed by atoms with van der Waals surface area (Å²) in [5.41, 5.74) is 1.05. The Morgan fingerprint density at radius 2 is 2.15 bits per heavy atom. The van der Waals surface area contributed by atoms with E-state index in [1.54, 1.807) is 0 Å². The van der Waals surface area contributed by atoms with Gasteiger partial charge in [0.05, 0.1) is 5.37 Å². The van der Waals surface area contributed by atoms with Crippen LogP contribution in [0.2, 0.25) is 0 Å². The Morgan fingerprint density at radius 3 is 2.77 bits per heavy atom. The van der Waals surface area contributed by atoms with Crippen molar-refractivity contribution in [2.24, 2.45) is 0 Å². The van der Waals surface area contributed by atoms with E-state index in [9.17, 15) is 4.79 Å². The molecule has 0 saturated carbocycles. The maximum absolute atomic E-state index is 10.9. The summed E-state index contributed by atoms with van der Waals surface area (Å²) in [6.07, 6.45) is 0. The number of hydrogen-bond acceptors (Lipinski definition) is 3. The fourth-order valence-electron chi connectivity index (χ4n) is 1.19. The van der Waals surface area contributed by atoms with Gasteiger partial charge in [-0.15, -0.1) is 0 Å². The highest BCUT2D eigenvalue weighted by molar-refractivity contribution is 8.14. The average Bonchev–Trinajstić information content (AvgIpc) is 2.53. The third-order valence-electron chi connectivity index (χ3n) is 1.78. The molecule has 2 rings (SSSR count). The number of rotatable bonds is 2. The summed E-state index contributed by atoms with van der Waals surface area (Å²) in [4.78, 5) is 10.9. The Labute approximate surface area is 80.9 Å². The first-order valence-electron chi connectivity index (χ1n) is 4.11. The lowest BCUT2D eigenvalue weighted by Gasteiger charge is -2.10. The maximum atomic E-state index is 10.9. The highest BCUT2D eigenvalue weighted by Crippen LogP contribution is 2.19. The van der Waals surface area contributed by atoms with Crippen molar-refractivity contribution < 1.29 is 4.79 Å². The molecule has 1 aliphatic heterocycles. The molecular formula is C9H10N2OS. The molecule has 1 aliphatic rings. The Hall–Kier alpha value is -1.16. The van der Waals surface area contributed by atoms with Crippen LogP contribution < -0.4 is 10.6 Å². The van der Waals surface area contributed by atoms with Gasteiger partial charge >= 0.3 is 0 Å². The van der Waals surface area contributed by atoms with Crippen LogP contribution >= 0.6 is 11.8 Å². The molecule has 0 radical (unpaired) electrons. The van der Waals surface area contributed by atoms with E-state index in [0.29, 0.717) is 6.54 Å². The van der Waals surface area contributed by atoms with E-state index in [-0.39, 0.29) is 10.6 Å². The Morgan fingerprint density at radius 1 is 1.38 bits per heavy atom. The molecule has 1 saturated heterocycles. The summed E-state index contributed by atoms with van der Waals surface area (Å²) in [5, 5.41) is 6.21. The fraction of sp³-hybridized carbons (Fsp3) is 0.222. The van der Waals surface area contributed by atoms with Crippen molar-refractivity contribution >= 4 is 22.7 Å². The van der Waals surface area contributed by atoms with Crippen molar-refractivity contribution in [3.63, 3.8) is 0 Å². The van der Waals surface area contributed by atoms with Crippen LogP contribution in [0.5, 0.6) is 0 Å². The molecule has 4 heteroatoms.